The number of amides is 1. The number of rotatable bonds is 7. The van der Waals surface area contributed by atoms with E-state index in [-0.39, 0.29) is 17.0 Å². The summed E-state index contributed by atoms with van der Waals surface area (Å²) in [7, 11) is 0. The first-order valence-electron chi connectivity index (χ1n) is 10.1. The Morgan fingerprint density at radius 3 is 2.69 bits per heavy atom. The van der Waals surface area contributed by atoms with Crippen LogP contribution < -0.4 is 15.6 Å². The van der Waals surface area contributed by atoms with Crippen molar-refractivity contribution in [3.63, 3.8) is 0 Å². The molecule has 7 nitrogen and oxygen atoms in total. The fraction of sp³-hybridized carbons (Fsp3) is 0.261. The third-order valence-electron chi connectivity index (χ3n) is 5.12. The molecule has 0 bridgehead atoms. The minimum Gasteiger partial charge on any atom is -0.485 e. The summed E-state index contributed by atoms with van der Waals surface area (Å²) >= 11 is 0. The lowest BCUT2D eigenvalue weighted by Gasteiger charge is -2.13. The van der Waals surface area contributed by atoms with Crippen LogP contribution in [0.15, 0.2) is 65.6 Å². The third kappa shape index (κ3) is 4.83. The van der Waals surface area contributed by atoms with Crippen LogP contribution in [0.2, 0.25) is 0 Å². The van der Waals surface area contributed by atoms with Crippen molar-refractivity contribution in [3.05, 3.63) is 82.3 Å². The van der Waals surface area contributed by atoms with Gasteiger partial charge in [-0.1, -0.05) is 24.3 Å². The number of benzene rings is 2. The molecule has 4 rings (SSSR count). The standard InChI is InChI=1S/C23H21F2N3O4/c24-21(25)14-32-20-4-2-1-3-19(20)28-23(30)18(9-11-26-28)22(29)27-17-7-5-15(6-8-17)16-10-12-31-13-16/h1-9,11,16,21H,10,12-14H2,(H,27,29)/t16-/m0/s1. The molecule has 0 radical (unpaired) electrons. The number of alkyl halides is 2. The number of aromatic nitrogens is 2. The van der Waals surface area contributed by atoms with Crippen molar-refractivity contribution in [2.24, 2.45) is 0 Å². The average Bonchev–Trinajstić information content (AvgIpc) is 3.33. The van der Waals surface area contributed by atoms with Gasteiger partial charge in [-0.15, -0.1) is 0 Å². The van der Waals surface area contributed by atoms with Crippen LogP contribution in [-0.4, -0.2) is 41.9 Å². The summed E-state index contributed by atoms with van der Waals surface area (Å²) in [6.07, 6.45) is -0.411. The summed E-state index contributed by atoms with van der Waals surface area (Å²) < 4.78 is 36.6. The van der Waals surface area contributed by atoms with Gasteiger partial charge in [0.1, 0.15) is 23.6 Å². The second-order valence-electron chi connectivity index (χ2n) is 7.27. The maximum atomic E-state index is 12.9. The van der Waals surface area contributed by atoms with Crippen LogP contribution in [0.1, 0.15) is 28.3 Å². The lowest BCUT2D eigenvalue weighted by molar-refractivity contribution is 0.0818. The van der Waals surface area contributed by atoms with Gasteiger partial charge in [0.15, 0.2) is 0 Å². The molecule has 166 valence electrons. The number of halogens is 2. The highest BCUT2D eigenvalue weighted by Gasteiger charge is 2.19. The first-order valence-corrected chi connectivity index (χ1v) is 10.1. The fourth-order valence-corrected chi connectivity index (χ4v) is 3.50. The number of hydrogen-bond acceptors (Lipinski definition) is 5. The topological polar surface area (TPSA) is 82.4 Å². The smallest absolute Gasteiger partial charge is 0.284 e. The molecule has 9 heteroatoms. The van der Waals surface area contributed by atoms with Gasteiger partial charge in [0.2, 0.25) is 0 Å². The van der Waals surface area contributed by atoms with Gasteiger partial charge < -0.3 is 14.8 Å². The van der Waals surface area contributed by atoms with Gasteiger partial charge >= 0.3 is 0 Å². The van der Waals surface area contributed by atoms with Crippen LogP contribution in [0.3, 0.4) is 0 Å². The van der Waals surface area contributed by atoms with Crippen molar-refractivity contribution in [2.45, 2.75) is 18.8 Å². The monoisotopic (exact) mass is 441 g/mol. The molecule has 1 aliphatic rings. The van der Waals surface area contributed by atoms with Gasteiger partial charge in [-0.05, 0) is 42.3 Å². The van der Waals surface area contributed by atoms with Crippen LogP contribution >= 0.6 is 0 Å². The van der Waals surface area contributed by atoms with Crippen LogP contribution in [0.4, 0.5) is 14.5 Å². The first-order chi connectivity index (χ1) is 15.5. The number of anilines is 1. The Morgan fingerprint density at radius 2 is 1.97 bits per heavy atom. The maximum Gasteiger partial charge on any atom is 0.284 e. The van der Waals surface area contributed by atoms with E-state index < -0.39 is 24.5 Å². The number of hydrogen-bond donors (Lipinski definition) is 1. The lowest BCUT2D eigenvalue weighted by Crippen LogP contribution is -2.30. The predicted molar refractivity (Wildman–Crippen MR) is 114 cm³/mol. The Bertz CT molecular complexity index is 1140. The summed E-state index contributed by atoms with van der Waals surface area (Å²) in [5.74, 6) is -0.194. The lowest BCUT2D eigenvalue weighted by atomic mass is 9.98. The molecule has 0 saturated carbocycles. The van der Waals surface area contributed by atoms with E-state index in [0.717, 1.165) is 23.3 Å². The average molecular weight is 441 g/mol. The molecule has 0 spiro atoms. The minimum atomic E-state index is -2.67. The largest absolute Gasteiger partial charge is 0.485 e. The van der Waals surface area contributed by atoms with Gasteiger partial charge in [0.05, 0.1) is 6.61 Å². The molecule has 0 aliphatic carbocycles. The van der Waals surface area contributed by atoms with Crippen molar-refractivity contribution in [1.29, 1.82) is 0 Å². The molecule has 1 amide bonds. The highest BCUT2D eigenvalue weighted by atomic mass is 19.3. The van der Waals surface area contributed by atoms with E-state index in [4.69, 9.17) is 9.47 Å². The Balaban J connectivity index is 1.55. The van der Waals surface area contributed by atoms with E-state index in [1.165, 1.54) is 24.4 Å². The summed E-state index contributed by atoms with van der Waals surface area (Å²) in [6, 6.07) is 14.9. The zero-order valence-corrected chi connectivity index (χ0v) is 17.0. The van der Waals surface area contributed by atoms with Gasteiger partial charge in [-0.3, -0.25) is 9.59 Å². The fourth-order valence-electron chi connectivity index (χ4n) is 3.50. The SMILES string of the molecule is O=C(Nc1ccc([C@H]2CCOC2)cc1)c1ccnn(-c2ccccc2OCC(F)F)c1=O. The molecular formula is C23H21F2N3O4. The molecular weight excluding hydrogens is 420 g/mol. The van der Waals surface area contributed by atoms with E-state index in [1.807, 2.05) is 12.1 Å². The van der Waals surface area contributed by atoms with Crippen molar-refractivity contribution in [1.82, 2.24) is 9.78 Å². The highest BCUT2D eigenvalue weighted by Crippen LogP contribution is 2.26. The molecule has 1 aromatic heterocycles. The summed E-state index contributed by atoms with van der Waals surface area (Å²) in [4.78, 5) is 25.7. The maximum absolute atomic E-state index is 12.9. The number of nitrogens with one attached hydrogen (secondary N) is 1. The Kier molecular flexibility index (Phi) is 6.55. The van der Waals surface area contributed by atoms with Crippen LogP contribution in [0.5, 0.6) is 5.75 Å². The quantitative estimate of drug-likeness (QED) is 0.606. The predicted octanol–water partition coefficient (Wildman–Crippen LogP) is 3.63. The molecule has 1 N–H and O–H groups in total. The summed E-state index contributed by atoms with van der Waals surface area (Å²) in [6.45, 7) is 0.605. The van der Waals surface area contributed by atoms with Crippen molar-refractivity contribution >= 4 is 11.6 Å². The second-order valence-corrected chi connectivity index (χ2v) is 7.27. The second kappa shape index (κ2) is 9.69. The van der Waals surface area contributed by atoms with Crippen molar-refractivity contribution < 1.29 is 23.0 Å². The molecule has 32 heavy (non-hydrogen) atoms. The number of carbonyl (C=O) groups is 1. The van der Waals surface area contributed by atoms with E-state index in [0.29, 0.717) is 18.2 Å². The highest BCUT2D eigenvalue weighted by molar-refractivity contribution is 6.04. The minimum absolute atomic E-state index is 0.0615. The Hall–Kier alpha value is -3.59. The summed E-state index contributed by atoms with van der Waals surface area (Å²) in [5, 5.41) is 6.70. The number of nitrogens with zero attached hydrogens (tertiary/aromatic N) is 2. The van der Waals surface area contributed by atoms with E-state index in [1.54, 1.807) is 24.3 Å². The normalized spacial score (nSPS) is 15.7. The molecule has 2 heterocycles. The number of carbonyl (C=O) groups excluding carboxylic acids is 1. The van der Waals surface area contributed by atoms with E-state index in [9.17, 15) is 18.4 Å². The number of ether oxygens (including phenoxy) is 2. The molecule has 1 fully saturated rings. The molecule has 1 aliphatic heterocycles. The Labute approximate surface area is 182 Å². The number of para-hydroxylation sites is 2. The van der Waals surface area contributed by atoms with Gasteiger partial charge in [-0.2, -0.15) is 9.78 Å². The molecule has 0 unspecified atom stereocenters. The first kappa shape index (κ1) is 21.6. The van der Waals surface area contributed by atoms with Crippen LogP contribution in [0.25, 0.3) is 5.69 Å². The van der Waals surface area contributed by atoms with Crippen LogP contribution in [-0.2, 0) is 4.74 Å². The molecule has 1 saturated heterocycles. The molecule has 3 aromatic rings. The Morgan fingerprint density at radius 1 is 1.19 bits per heavy atom. The molecule has 1 atom stereocenters. The third-order valence-corrected chi connectivity index (χ3v) is 5.12. The van der Waals surface area contributed by atoms with Gasteiger partial charge in [0.25, 0.3) is 17.9 Å². The van der Waals surface area contributed by atoms with E-state index >= 15 is 0 Å². The van der Waals surface area contributed by atoms with Crippen molar-refractivity contribution in [3.8, 4) is 11.4 Å². The molecule has 2 aromatic carbocycles. The zero-order valence-electron chi connectivity index (χ0n) is 17.0. The zero-order chi connectivity index (χ0) is 22.5. The van der Waals surface area contributed by atoms with Gasteiger partial charge in [-0.25, -0.2) is 8.78 Å². The van der Waals surface area contributed by atoms with Crippen LogP contribution in [0, 0.1) is 0 Å². The van der Waals surface area contributed by atoms with Crippen molar-refractivity contribution in [2.75, 3.05) is 25.1 Å². The van der Waals surface area contributed by atoms with E-state index in [2.05, 4.69) is 10.4 Å². The van der Waals surface area contributed by atoms with Gasteiger partial charge in [0, 0.05) is 24.4 Å². The summed E-state index contributed by atoms with van der Waals surface area (Å²) in [5.41, 5.74) is 0.999.